The van der Waals surface area contributed by atoms with Crippen molar-refractivity contribution < 1.29 is 8.83 Å². The summed E-state index contributed by atoms with van der Waals surface area (Å²) in [4.78, 5) is 2.40. The van der Waals surface area contributed by atoms with Gasteiger partial charge in [-0.3, -0.25) is 0 Å². The molecule has 1 aliphatic carbocycles. The van der Waals surface area contributed by atoms with Crippen molar-refractivity contribution in [2.45, 2.75) is 5.41 Å². The fraction of sp³-hybridized carbons (Fsp3) is 0.0182. The lowest BCUT2D eigenvalue weighted by molar-refractivity contribution is 0.663. The lowest BCUT2D eigenvalue weighted by Gasteiger charge is -2.35. The molecule has 0 spiro atoms. The summed E-state index contributed by atoms with van der Waals surface area (Å²) >= 11 is 0. The number of hydrogen-bond donors (Lipinski definition) is 0. The Balaban J connectivity index is 1.20. The normalized spacial score (nSPS) is 13.0. The van der Waals surface area contributed by atoms with E-state index in [0.717, 1.165) is 72.1 Å². The maximum atomic E-state index is 7.14. The minimum Gasteiger partial charge on any atom is -0.456 e. The van der Waals surface area contributed by atoms with Crippen molar-refractivity contribution >= 4 is 60.9 Å². The molecule has 0 unspecified atom stereocenters. The number of para-hydroxylation sites is 2. The van der Waals surface area contributed by atoms with Gasteiger partial charge in [-0.25, -0.2) is 0 Å². The van der Waals surface area contributed by atoms with Gasteiger partial charge >= 0.3 is 0 Å². The topological polar surface area (TPSA) is 29.5 Å². The Morgan fingerprint density at radius 3 is 1.67 bits per heavy atom. The highest BCUT2D eigenvalue weighted by molar-refractivity contribution is 6.27. The molecule has 0 bridgehead atoms. The van der Waals surface area contributed by atoms with Crippen LogP contribution < -0.4 is 4.90 Å². The highest BCUT2D eigenvalue weighted by Crippen LogP contribution is 2.58. The Bertz CT molecular complexity index is 3290. The first-order valence-corrected chi connectivity index (χ1v) is 19.8. The molecule has 0 radical (unpaired) electrons. The summed E-state index contributed by atoms with van der Waals surface area (Å²) in [6, 6.07) is 76.2. The van der Waals surface area contributed by atoms with Gasteiger partial charge in [-0.15, -0.1) is 0 Å². The summed E-state index contributed by atoms with van der Waals surface area (Å²) in [5.74, 6) is 0. The number of furan rings is 2. The summed E-state index contributed by atoms with van der Waals surface area (Å²) in [5.41, 5.74) is 15.5. The van der Waals surface area contributed by atoms with E-state index in [1.165, 1.54) is 33.4 Å². The Kier molecular flexibility index (Phi) is 7.14. The minimum atomic E-state index is -0.547. The molecule has 9 aromatic carbocycles. The number of benzene rings is 9. The van der Waals surface area contributed by atoms with Crippen LogP contribution in [-0.2, 0) is 5.41 Å². The van der Waals surface area contributed by atoms with Crippen molar-refractivity contribution in [1.29, 1.82) is 0 Å². The average Bonchev–Trinajstić information content (AvgIpc) is 3.96. The lowest BCUT2D eigenvalue weighted by Crippen LogP contribution is -2.28. The van der Waals surface area contributed by atoms with Crippen molar-refractivity contribution in [3.05, 3.63) is 235 Å². The number of rotatable bonds is 6. The third-order valence-corrected chi connectivity index (χ3v) is 12.1. The molecular formula is C55H35NO2. The fourth-order valence-corrected chi connectivity index (χ4v) is 9.76. The fourth-order valence-electron chi connectivity index (χ4n) is 9.76. The quantitative estimate of drug-likeness (QED) is 0.170. The van der Waals surface area contributed by atoms with Crippen molar-refractivity contribution in [3.63, 3.8) is 0 Å². The second kappa shape index (κ2) is 12.7. The average molecular weight is 742 g/mol. The highest BCUT2D eigenvalue weighted by Gasteiger charge is 2.46. The number of fused-ring (bicyclic) bond motifs is 10. The van der Waals surface area contributed by atoms with E-state index >= 15 is 0 Å². The Hall–Kier alpha value is -7.62. The zero-order chi connectivity index (χ0) is 38.2. The van der Waals surface area contributed by atoms with Gasteiger partial charge in [-0.05, 0) is 87.5 Å². The second-order valence-electron chi connectivity index (χ2n) is 15.1. The Labute approximate surface area is 335 Å². The van der Waals surface area contributed by atoms with E-state index in [1.807, 2.05) is 18.2 Å². The zero-order valence-corrected chi connectivity index (χ0v) is 31.5. The first kappa shape index (κ1) is 32.6. The maximum absolute atomic E-state index is 7.14. The molecule has 0 atom stereocenters. The van der Waals surface area contributed by atoms with Gasteiger partial charge < -0.3 is 13.7 Å². The van der Waals surface area contributed by atoms with Crippen LogP contribution in [0.1, 0.15) is 22.3 Å². The monoisotopic (exact) mass is 741 g/mol. The molecule has 0 aliphatic heterocycles. The molecule has 58 heavy (non-hydrogen) atoms. The molecule has 0 saturated heterocycles. The van der Waals surface area contributed by atoms with Crippen molar-refractivity contribution in [2.75, 3.05) is 4.90 Å². The van der Waals surface area contributed by atoms with E-state index in [4.69, 9.17) is 8.83 Å². The molecule has 3 heteroatoms. The van der Waals surface area contributed by atoms with Gasteiger partial charge in [0.15, 0.2) is 5.58 Å². The summed E-state index contributed by atoms with van der Waals surface area (Å²) in [5, 5.41) is 4.25. The van der Waals surface area contributed by atoms with Gasteiger partial charge in [-0.1, -0.05) is 164 Å². The van der Waals surface area contributed by atoms with Crippen LogP contribution in [0.25, 0.3) is 66.1 Å². The Morgan fingerprint density at radius 1 is 0.362 bits per heavy atom. The van der Waals surface area contributed by atoms with Gasteiger partial charge in [0.2, 0.25) is 0 Å². The summed E-state index contributed by atoms with van der Waals surface area (Å²) in [6.45, 7) is 0. The third-order valence-electron chi connectivity index (χ3n) is 12.1. The summed E-state index contributed by atoms with van der Waals surface area (Å²) in [7, 11) is 0. The molecule has 3 nitrogen and oxygen atoms in total. The molecule has 272 valence electrons. The zero-order valence-electron chi connectivity index (χ0n) is 31.5. The van der Waals surface area contributed by atoms with Crippen LogP contribution >= 0.6 is 0 Å². The molecule has 0 saturated carbocycles. The van der Waals surface area contributed by atoms with Crippen LogP contribution in [-0.4, -0.2) is 0 Å². The van der Waals surface area contributed by atoms with E-state index in [2.05, 4.69) is 199 Å². The molecular weight excluding hydrogens is 707 g/mol. The molecule has 11 aromatic rings. The molecule has 12 rings (SSSR count). The SMILES string of the molecule is c1ccc(-c2ccc3c(oc4ccc5oc6ccccc6c5c43)c2N(c2ccccc2)c2ccc3c(c2)C(c2ccccc2)(c2ccccc2)c2ccccc2-3)cc1. The van der Waals surface area contributed by atoms with Crippen molar-refractivity contribution in [3.8, 4) is 22.3 Å². The molecule has 2 heterocycles. The molecule has 0 N–H and O–H groups in total. The van der Waals surface area contributed by atoms with Gasteiger partial charge in [0.25, 0.3) is 0 Å². The predicted molar refractivity (Wildman–Crippen MR) is 238 cm³/mol. The largest absolute Gasteiger partial charge is 0.456 e. The minimum absolute atomic E-state index is 0.547. The molecule has 0 fully saturated rings. The summed E-state index contributed by atoms with van der Waals surface area (Å²) < 4.78 is 13.5. The van der Waals surface area contributed by atoms with Crippen LogP contribution in [0.2, 0.25) is 0 Å². The summed E-state index contributed by atoms with van der Waals surface area (Å²) in [6.07, 6.45) is 0. The van der Waals surface area contributed by atoms with Gasteiger partial charge in [0.1, 0.15) is 16.7 Å². The third kappa shape index (κ3) is 4.62. The van der Waals surface area contributed by atoms with Gasteiger partial charge in [0, 0.05) is 38.5 Å². The number of anilines is 3. The van der Waals surface area contributed by atoms with Gasteiger partial charge in [0.05, 0.1) is 11.1 Å². The van der Waals surface area contributed by atoms with Crippen molar-refractivity contribution in [1.82, 2.24) is 0 Å². The van der Waals surface area contributed by atoms with Gasteiger partial charge in [-0.2, -0.15) is 0 Å². The van der Waals surface area contributed by atoms with Crippen LogP contribution in [0.5, 0.6) is 0 Å². The van der Waals surface area contributed by atoms with Crippen molar-refractivity contribution in [2.24, 2.45) is 0 Å². The lowest BCUT2D eigenvalue weighted by atomic mass is 9.67. The molecule has 2 aromatic heterocycles. The molecule has 1 aliphatic rings. The highest BCUT2D eigenvalue weighted by atomic mass is 16.3. The van der Waals surface area contributed by atoms with Crippen LogP contribution in [0.3, 0.4) is 0 Å². The van der Waals surface area contributed by atoms with E-state index in [9.17, 15) is 0 Å². The van der Waals surface area contributed by atoms with E-state index in [0.29, 0.717) is 0 Å². The predicted octanol–water partition coefficient (Wildman–Crippen LogP) is 15.0. The first-order chi connectivity index (χ1) is 28.8. The molecule has 0 amide bonds. The smallest absolute Gasteiger partial charge is 0.160 e. The Morgan fingerprint density at radius 2 is 0.931 bits per heavy atom. The van der Waals surface area contributed by atoms with E-state index < -0.39 is 5.41 Å². The van der Waals surface area contributed by atoms with Crippen LogP contribution in [0.4, 0.5) is 17.1 Å². The standard InChI is InChI=1S/C55H35NO2/c1-5-17-36(18-6-1)41-31-32-45-52-50(34-33-49-51(52)44-26-14-16-28-48(44)57-49)58-54(45)53(41)56(39-23-11-4-12-24-39)40-29-30-43-42-25-13-15-27-46(42)55(47(43)35-40,37-19-7-2-8-20-37)38-21-9-3-10-22-38/h1-35H. The van der Waals surface area contributed by atoms with Crippen LogP contribution in [0.15, 0.2) is 221 Å². The number of hydrogen-bond acceptors (Lipinski definition) is 3. The van der Waals surface area contributed by atoms with E-state index in [-0.39, 0.29) is 0 Å². The maximum Gasteiger partial charge on any atom is 0.160 e. The van der Waals surface area contributed by atoms with Crippen LogP contribution in [0, 0.1) is 0 Å². The number of nitrogens with zero attached hydrogens (tertiary/aromatic N) is 1. The second-order valence-corrected chi connectivity index (χ2v) is 15.1. The van der Waals surface area contributed by atoms with E-state index in [1.54, 1.807) is 0 Å². The first-order valence-electron chi connectivity index (χ1n) is 19.8.